The first-order valence-electron chi connectivity index (χ1n) is 12.7. The first-order chi connectivity index (χ1) is 18.9. The highest BCUT2D eigenvalue weighted by Gasteiger charge is 2.50. The van der Waals surface area contributed by atoms with Gasteiger partial charge in [-0.1, -0.05) is 29.8 Å². The van der Waals surface area contributed by atoms with Crippen LogP contribution < -0.4 is 15.4 Å². The maximum Gasteiger partial charge on any atom is 0.329 e. The summed E-state index contributed by atoms with van der Waals surface area (Å²) >= 11 is 0. The van der Waals surface area contributed by atoms with Gasteiger partial charge in [-0.25, -0.2) is 19.0 Å². The number of hydrogen-bond acceptors (Lipinski definition) is 6. The van der Waals surface area contributed by atoms with Crippen molar-refractivity contribution < 1.29 is 33.4 Å². The zero-order valence-electron chi connectivity index (χ0n) is 23.3. The number of aryl methyl sites for hydroxylation is 1. The van der Waals surface area contributed by atoms with Crippen LogP contribution in [-0.4, -0.2) is 70.9 Å². The van der Waals surface area contributed by atoms with Crippen LogP contribution in [0.5, 0.6) is 5.75 Å². The van der Waals surface area contributed by atoms with E-state index in [2.05, 4.69) is 15.6 Å². The lowest BCUT2D eigenvalue weighted by atomic mass is 10.1. The highest BCUT2D eigenvalue weighted by atomic mass is 19.1. The van der Waals surface area contributed by atoms with E-state index >= 15 is 0 Å². The van der Waals surface area contributed by atoms with Crippen molar-refractivity contribution >= 4 is 36.5 Å². The second kappa shape index (κ2) is 14.6. The van der Waals surface area contributed by atoms with Gasteiger partial charge < -0.3 is 20.1 Å². The Morgan fingerprint density at radius 2 is 1.82 bits per heavy atom. The monoisotopic (exact) mass is 557 g/mol. The Balaban J connectivity index is 0.000000526. The number of guanidine groups is 1. The summed E-state index contributed by atoms with van der Waals surface area (Å²) < 4.78 is 19.8. The molecule has 1 aliphatic carbocycles. The molecule has 1 aliphatic rings. The molecule has 0 heterocycles. The van der Waals surface area contributed by atoms with Crippen LogP contribution in [0.15, 0.2) is 47.5 Å². The van der Waals surface area contributed by atoms with Crippen molar-refractivity contribution in [3.05, 3.63) is 59.4 Å². The van der Waals surface area contributed by atoms with Gasteiger partial charge in [-0.15, -0.1) is 0 Å². The lowest BCUT2D eigenvalue weighted by Gasteiger charge is -2.23. The number of halogens is 1. The third-order valence-corrected chi connectivity index (χ3v) is 5.92. The van der Waals surface area contributed by atoms with Gasteiger partial charge in [-0.3, -0.25) is 19.8 Å². The molecule has 3 rings (SSSR count). The Morgan fingerprint density at radius 1 is 1.18 bits per heavy atom. The number of amides is 4. The van der Waals surface area contributed by atoms with Crippen molar-refractivity contribution in [2.24, 2.45) is 4.99 Å². The molecular formula is C28H36FN5O6. The fourth-order valence-corrected chi connectivity index (χ4v) is 3.24. The Morgan fingerprint density at radius 3 is 2.27 bits per heavy atom. The van der Waals surface area contributed by atoms with Crippen molar-refractivity contribution in [3.8, 4) is 5.75 Å². The van der Waals surface area contributed by atoms with Crippen LogP contribution >= 0.6 is 0 Å². The van der Waals surface area contributed by atoms with Gasteiger partial charge >= 0.3 is 12.0 Å². The number of carbonyl (C=O) groups is 4. The van der Waals surface area contributed by atoms with Gasteiger partial charge in [-0.05, 0) is 58.2 Å². The van der Waals surface area contributed by atoms with Crippen LogP contribution in [0.2, 0.25) is 0 Å². The smallest absolute Gasteiger partial charge is 0.329 e. The number of ether oxygens (including phenoxy) is 1. The minimum atomic E-state index is -0.936. The maximum atomic E-state index is 14.4. The summed E-state index contributed by atoms with van der Waals surface area (Å²) in [6.45, 7) is 8.05. The molecule has 0 aliphatic heterocycles. The van der Waals surface area contributed by atoms with E-state index in [9.17, 15) is 23.6 Å². The molecule has 3 N–H and O–H groups in total. The minimum Gasteiger partial charge on any atom is -0.488 e. The molecule has 4 amide bonds. The molecule has 11 nitrogen and oxygen atoms in total. The second-order valence-electron chi connectivity index (χ2n) is 9.53. The van der Waals surface area contributed by atoms with Crippen molar-refractivity contribution in [1.29, 1.82) is 0 Å². The molecule has 0 radical (unpaired) electrons. The van der Waals surface area contributed by atoms with E-state index in [0.29, 0.717) is 32.2 Å². The number of carbonyl (C=O) groups excluding carboxylic acids is 3. The molecule has 40 heavy (non-hydrogen) atoms. The number of carboxylic acid groups (broad SMARTS) is 1. The van der Waals surface area contributed by atoms with E-state index in [1.54, 1.807) is 27.0 Å². The SMILES string of the molecule is CCN(C)C(=O)NC(=Nc1ccc(OC(C)C)c(F)c1)N(C=O)Cc1ccc(C)cc1.O=CNC1(C(=O)O)CC1. The van der Waals surface area contributed by atoms with E-state index in [1.165, 1.54) is 21.9 Å². The number of nitrogens with one attached hydrogen (secondary N) is 2. The van der Waals surface area contributed by atoms with E-state index in [4.69, 9.17) is 9.84 Å². The van der Waals surface area contributed by atoms with Crippen molar-refractivity contribution in [2.45, 2.75) is 58.7 Å². The van der Waals surface area contributed by atoms with Gasteiger partial charge in [0.1, 0.15) is 5.54 Å². The van der Waals surface area contributed by atoms with E-state index in [1.807, 2.05) is 38.1 Å². The first kappa shape index (κ1) is 31.7. The molecule has 2 aromatic rings. The Labute approximate surface area is 233 Å². The van der Waals surface area contributed by atoms with Gasteiger partial charge in [0, 0.05) is 19.7 Å². The van der Waals surface area contributed by atoms with Crippen LogP contribution in [-0.2, 0) is 20.9 Å². The van der Waals surface area contributed by atoms with E-state index in [-0.39, 0.29) is 30.0 Å². The number of nitrogens with zero attached hydrogens (tertiary/aromatic N) is 3. The van der Waals surface area contributed by atoms with Gasteiger partial charge in [-0.2, -0.15) is 0 Å². The van der Waals surface area contributed by atoms with Crippen molar-refractivity contribution in [2.75, 3.05) is 13.6 Å². The summed E-state index contributed by atoms with van der Waals surface area (Å²) in [6, 6.07) is 11.4. The largest absolute Gasteiger partial charge is 0.488 e. The number of hydrogen-bond donors (Lipinski definition) is 3. The van der Waals surface area contributed by atoms with Gasteiger partial charge in [0.25, 0.3) is 0 Å². The van der Waals surface area contributed by atoms with Crippen LogP contribution in [0.1, 0.15) is 44.7 Å². The number of aliphatic carboxylic acids is 1. The number of rotatable bonds is 10. The molecule has 0 unspecified atom stereocenters. The Kier molecular flexibility index (Phi) is 11.6. The normalized spacial score (nSPS) is 13.3. The second-order valence-corrected chi connectivity index (χ2v) is 9.53. The predicted octanol–water partition coefficient (Wildman–Crippen LogP) is 3.58. The van der Waals surface area contributed by atoms with Crippen LogP contribution in [0.25, 0.3) is 0 Å². The first-order valence-corrected chi connectivity index (χ1v) is 12.7. The topological polar surface area (TPSA) is 141 Å². The third kappa shape index (κ3) is 9.37. The fourth-order valence-electron chi connectivity index (χ4n) is 3.24. The highest BCUT2D eigenvalue weighted by molar-refractivity contribution is 6.01. The fraction of sp³-hybridized carbons (Fsp3) is 0.393. The lowest BCUT2D eigenvalue weighted by molar-refractivity contribution is -0.141. The molecule has 0 atom stereocenters. The third-order valence-electron chi connectivity index (χ3n) is 5.92. The molecule has 0 aromatic heterocycles. The average Bonchev–Trinajstić information content (AvgIpc) is 3.70. The molecule has 0 spiro atoms. The summed E-state index contributed by atoms with van der Waals surface area (Å²) in [4.78, 5) is 51.4. The zero-order chi connectivity index (χ0) is 29.9. The average molecular weight is 558 g/mol. The standard InChI is InChI=1S/C23H29FN4O3.C5H7NO3/c1-6-27(5)23(30)26-22(28(15-29)14-18-9-7-17(4)8-10-18)25-19-11-12-21(20(24)13-19)31-16(2)3;7-3-6-5(1-2-5)4(8)9/h7-13,15-16H,6,14H2,1-5H3,(H,25,26,30);3H,1-2H2,(H,6,7)(H,8,9). The number of urea groups is 1. The van der Waals surface area contributed by atoms with Crippen LogP contribution in [0.3, 0.4) is 0 Å². The minimum absolute atomic E-state index is 0.00203. The van der Waals surface area contributed by atoms with E-state index < -0.39 is 23.4 Å². The number of carboxylic acids is 1. The number of benzene rings is 2. The molecule has 1 fully saturated rings. The Bertz CT molecular complexity index is 1210. The van der Waals surface area contributed by atoms with Gasteiger partial charge in [0.15, 0.2) is 11.6 Å². The summed E-state index contributed by atoms with van der Waals surface area (Å²) in [6.07, 6.45) is 1.95. The van der Waals surface area contributed by atoms with E-state index in [0.717, 1.165) is 11.1 Å². The summed E-state index contributed by atoms with van der Waals surface area (Å²) in [5.41, 5.74) is 1.28. The van der Waals surface area contributed by atoms with Gasteiger partial charge in [0.05, 0.1) is 18.3 Å². The van der Waals surface area contributed by atoms with Crippen LogP contribution in [0, 0.1) is 12.7 Å². The zero-order valence-corrected chi connectivity index (χ0v) is 23.3. The van der Waals surface area contributed by atoms with Crippen molar-refractivity contribution in [1.82, 2.24) is 20.4 Å². The van der Waals surface area contributed by atoms with Gasteiger partial charge in [0.2, 0.25) is 18.8 Å². The molecule has 1 saturated carbocycles. The molecule has 216 valence electrons. The summed E-state index contributed by atoms with van der Waals surface area (Å²) in [7, 11) is 1.62. The highest BCUT2D eigenvalue weighted by Crippen LogP contribution is 2.34. The maximum absolute atomic E-state index is 14.4. The quantitative estimate of drug-likeness (QED) is 0.232. The molecular weight excluding hydrogens is 521 g/mol. The molecule has 2 aromatic carbocycles. The lowest BCUT2D eigenvalue weighted by Crippen LogP contribution is -2.47. The molecule has 0 saturated heterocycles. The van der Waals surface area contributed by atoms with Crippen molar-refractivity contribution in [3.63, 3.8) is 0 Å². The number of aliphatic imine (C=N–C) groups is 1. The molecule has 12 heteroatoms. The summed E-state index contributed by atoms with van der Waals surface area (Å²) in [5.74, 6) is -1.41. The predicted molar refractivity (Wildman–Crippen MR) is 148 cm³/mol. The summed E-state index contributed by atoms with van der Waals surface area (Å²) in [5, 5.41) is 13.3. The molecule has 0 bridgehead atoms. The Hall–Kier alpha value is -4.48. The van der Waals surface area contributed by atoms with Crippen LogP contribution in [0.4, 0.5) is 14.9 Å².